The standard InChI is InChI=1S/C17H26N4O3/c1-18-17(23)15-11-21(9-8-20(15)4)16(22)12-24-14-7-5-6-13(10-14)19(2)3/h5-7,10,15H,8-9,11-12H2,1-4H3,(H,18,23). The Morgan fingerprint density at radius 3 is 2.75 bits per heavy atom. The summed E-state index contributed by atoms with van der Waals surface area (Å²) < 4.78 is 5.63. The van der Waals surface area contributed by atoms with Crippen molar-refractivity contribution in [3.8, 4) is 5.75 Å². The van der Waals surface area contributed by atoms with E-state index < -0.39 is 0 Å². The average Bonchev–Trinajstić information content (AvgIpc) is 2.59. The first-order valence-electron chi connectivity index (χ1n) is 8.02. The minimum atomic E-state index is -0.315. The highest BCUT2D eigenvalue weighted by Gasteiger charge is 2.31. The number of ether oxygens (including phenoxy) is 1. The topological polar surface area (TPSA) is 65.1 Å². The summed E-state index contributed by atoms with van der Waals surface area (Å²) in [6, 6.07) is 7.28. The third-order valence-corrected chi connectivity index (χ3v) is 4.25. The largest absolute Gasteiger partial charge is 0.484 e. The molecule has 0 aromatic heterocycles. The fraction of sp³-hybridized carbons (Fsp3) is 0.529. The number of hydrogen-bond acceptors (Lipinski definition) is 5. The fourth-order valence-electron chi connectivity index (χ4n) is 2.64. The zero-order valence-electron chi connectivity index (χ0n) is 14.8. The van der Waals surface area contributed by atoms with Crippen LogP contribution in [0, 0.1) is 0 Å². The predicted octanol–water partition coefficient (Wildman–Crippen LogP) is 0.0200. The molecule has 1 aliphatic heterocycles. The maximum Gasteiger partial charge on any atom is 0.260 e. The molecule has 2 rings (SSSR count). The summed E-state index contributed by atoms with van der Waals surface area (Å²) in [5.74, 6) is 0.480. The van der Waals surface area contributed by atoms with Gasteiger partial charge in [-0.25, -0.2) is 0 Å². The Bertz CT molecular complexity index is 591. The van der Waals surface area contributed by atoms with Gasteiger partial charge < -0.3 is 19.9 Å². The molecule has 1 aliphatic rings. The Labute approximate surface area is 143 Å². The molecule has 1 fully saturated rings. The second-order valence-electron chi connectivity index (χ2n) is 6.13. The number of nitrogens with one attached hydrogen (secondary N) is 1. The molecular formula is C17H26N4O3. The quantitative estimate of drug-likeness (QED) is 0.822. The summed E-state index contributed by atoms with van der Waals surface area (Å²) in [6.07, 6.45) is 0. The van der Waals surface area contributed by atoms with Gasteiger partial charge in [0.2, 0.25) is 5.91 Å². The first-order chi connectivity index (χ1) is 11.4. The van der Waals surface area contributed by atoms with Gasteiger partial charge in [-0.1, -0.05) is 6.07 Å². The van der Waals surface area contributed by atoms with Crippen LogP contribution in [0.25, 0.3) is 0 Å². The van der Waals surface area contributed by atoms with Crippen LogP contribution in [0.4, 0.5) is 5.69 Å². The first-order valence-corrected chi connectivity index (χ1v) is 8.02. The Morgan fingerprint density at radius 1 is 1.33 bits per heavy atom. The normalized spacial score (nSPS) is 18.2. The number of piperazine rings is 1. The fourth-order valence-corrected chi connectivity index (χ4v) is 2.64. The van der Waals surface area contributed by atoms with E-state index in [-0.39, 0.29) is 24.5 Å². The van der Waals surface area contributed by atoms with E-state index in [2.05, 4.69) is 5.32 Å². The van der Waals surface area contributed by atoms with Gasteiger partial charge in [-0.2, -0.15) is 0 Å². The minimum absolute atomic E-state index is 0.0267. The van der Waals surface area contributed by atoms with Crippen LogP contribution in [-0.4, -0.2) is 82.1 Å². The maximum absolute atomic E-state index is 12.4. The predicted molar refractivity (Wildman–Crippen MR) is 93.3 cm³/mol. The van der Waals surface area contributed by atoms with Crippen LogP contribution >= 0.6 is 0 Å². The van der Waals surface area contributed by atoms with Crippen LogP contribution in [-0.2, 0) is 9.59 Å². The van der Waals surface area contributed by atoms with Crippen molar-refractivity contribution in [2.75, 3.05) is 59.3 Å². The van der Waals surface area contributed by atoms with Crippen LogP contribution in [0.1, 0.15) is 0 Å². The Balaban J connectivity index is 1.92. The van der Waals surface area contributed by atoms with E-state index in [4.69, 9.17) is 4.74 Å². The Hall–Kier alpha value is -2.28. The molecule has 7 heteroatoms. The number of amides is 2. The van der Waals surface area contributed by atoms with Crippen molar-refractivity contribution >= 4 is 17.5 Å². The molecule has 1 saturated heterocycles. The second-order valence-corrected chi connectivity index (χ2v) is 6.13. The number of benzene rings is 1. The van der Waals surface area contributed by atoms with E-state index in [9.17, 15) is 9.59 Å². The van der Waals surface area contributed by atoms with E-state index in [0.29, 0.717) is 25.4 Å². The highest BCUT2D eigenvalue weighted by Crippen LogP contribution is 2.19. The van der Waals surface area contributed by atoms with Crippen molar-refractivity contribution in [1.82, 2.24) is 15.1 Å². The van der Waals surface area contributed by atoms with Crippen LogP contribution in [0.15, 0.2) is 24.3 Å². The summed E-state index contributed by atoms with van der Waals surface area (Å²) in [5.41, 5.74) is 1.01. The summed E-state index contributed by atoms with van der Waals surface area (Å²) in [7, 11) is 7.41. The number of rotatable bonds is 5. The summed E-state index contributed by atoms with van der Waals surface area (Å²) >= 11 is 0. The molecule has 1 atom stereocenters. The van der Waals surface area contributed by atoms with Gasteiger partial charge in [-0.15, -0.1) is 0 Å². The second kappa shape index (κ2) is 8.01. The van der Waals surface area contributed by atoms with Gasteiger partial charge in [0.1, 0.15) is 11.8 Å². The molecule has 2 amide bonds. The van der Waals surface area contributed by atoms with Crippen molar-refractivity contribution in [3.05, 3.63) is 24.3 Å². The lowest BCUT2D eigenvalue weighted by Gasteiger charge is -2.38. The third-order valence-electron chi connectivity index (χ3n) is 4.25. The van der Waals surface area contributed by atoms with Crippen molar-refractivity contribution in [2.24, 2.45) is 0 Å². The number of likely N-dealkylation sites (N-methyl/N-ethyl adjacent to an activating group) is 2. The summed E-state index contributed by atoms with van der Waals surface area (Å²) in [6.45, 7) is 1.63. The zero-order valence-corrected chi connectivity index (χ0v) is 14.8. The van der Waals surface area contributed by atoms with Gasteiger partial charge in [0.15, 0.2) is 6.61 Å². The van der Waals surface area contributed by atoms with Crippen LogP contribution < -0.4 is 15.0 Å². The Kier molecular flexibility index (Phi) is 6.03. The lowest BCUT2D eigenvalue weighted by molar-refractivity contribution is -0.139. The van der Waals surface area contributed by atoms with Crippen LogP contribution in [0.5, 0.6) is 5.75 Å². The molecule has 132 valence electrons. The van der Waals surface area contributed by atoms with Gasteiger partial charge in [0.25, 0.3) is 5.91 Å². The molecule has 7 nitrogen and oxygen atoms in total. The van der Waals surface area contributed by atoms with E-state index in [1.54, 1.807) is 11.9 Å². The molecule has 1 N–H and O–H groups in total. The summed E-state index contributed by atoms with van der Waals surface area (Å²) in [4.78, 5) is 29.9. The Morgan fingerprint density at radius 2 is 2.08 bits per heavy atom. The summed E-state index contributed by atoms with van der Waals surface area (Å²) in [5, 5.41) is 2.64. The molecule has 0 bridgehead atoms. The molecule has 0 spiro atoms. The van der Waals surface area contributed by atoms with E-state index in [1.807, 2.05) is 55.2 Å². The smallest absolute Gasteiger partial charge is 0.260 e. The van der Waals surface area contributed by atoms with E-state index >= 15 is 0 Å². The van der Waals surface area contributed by atoms with Crippen molar-refractivity contribution in [2.45, 2.75) is 6.04 Å². The maximum atomic E-state index is 12.4. The molecule has 1 aromatic carbocycles. The molecule has 1 aromatic rings. The van der Waals surface area contributed by atoms with Gasteiger partial charge >= 0.3 is 0 Å². The monoisotopic (exact) mass is 334 g/mol. The molecule has 0 radical (unpaired) electrons. The number of carbonyl (C=O) groups excluding carboxylic acids is 2. The highest BCUT2D eigenvalue weighted by atomic mass is 16.5. The first kappa shape index (κ1) is 18.1. The number of hydrogen-bond donors (Lipinski definition) is 1. The zero-order chi connectivity index (χ0) is 17.7. The van der Waals surface area contributed by atoms with E-state index in [1.165, 1.54) is 0 Å². The minimum Gasteiger partial charge on any atom is -0.484 e. The average molecular weight is 334 g/mol. The van der Waals surface area contributed by atoms with Gasteiger partial charge in [-0.3, -0.25) is 14.5 Å². The molecule has 0 aliphatic carbocycles. The molecular weight excluding hydrogens is 308 g/mol. The van der Waals surface area contributed by atoms with Gasteiger partial charge in [-0.05, 0) is 19.2 Å². The molecule has 24 heavy (non-hydrogen) atoms. The van der Waals surface area contributed by atoms with E-state index in [0.717, 1.165) is 5.69 Å². The van der Waals surface area contributed by atoms with Crippen LogP contribution in [0.3, 0.4) is 0 Å². The van der Waals surface area contributed by atoms with Gasteiger partial charge in [0.05, 0.1) is 0 Å². The lowest BCUT2D eigenvalue weighted by Crippen LogP contribution is -2.58. The molecule has 1 heterocycles. The van der Waals surface area contributed by atoms with Crippen LogP contribution in [0.2, 0.25) is 0 Å². The number of nitrogens with zero attached hydrogens (tertiary/aromatic N) is 3. The lowest BCUT2D eigenvalue weighted by atomic mass is 10.1. The number of carbonyl (C=O) groups is 2. The van der Waals surface area contributed by atoms with Crippen molar-refractivity contribution in [3.63, 3.8) is 0 Å². The van der Waals surface area contributed by atoms with Crippen molar-refractivity contribution < 1.29 is 14.3 Å². The SMILES string of the molecule is CNC(=O)C1CN(C(=O)COc2cccc(N(C)C)c2)CCN1C. The van der Waals surface area contributed by atoms with Crippen molar-refractivity contribution in [1.29, 1.82) is 0 Å². The molecule has 0 saturated carbocycles. The highest BCUT2D eigenvalue weighted by molar-refractivity contribution is 5.84. The number of anilines is 1. The third kappa shape index (κ3) is 4.38. The molecule has 1 unspecified atom stereocenters. The van der Waals surface area contributed by atoms with Gasteiger partial charge in [0, 0.05) is 52.5 Å².